The molecular weight excluding hydrogens is 306 g/mol. The zero-order valence-corrected chi connectivity index (χ0v) is 12.0. The lowest BCUT2D eigenvalue weighted by Crippen LogP contribution is -2.35. The highest BCUT2D eigenvalue weighted by Crippen LogP contribution is 2.11. The molecule has 0 aliphatic rings. The van der Waals surface area contributed by atoms with Crippen LogP contribution >= 0.6 is 0 Å². The number of carbonyl (C=O) groups excluding carboxylic acids is 2. The first kappa shape index (κ1) is 16.4. The van der Waals surface area contributed by atoms with Crippen LogP contribution in [0.2, 0.25) is 0 Å². The number of rotatable bonds is 6. The Kier molecular flexibility index (Phi) is 5.62. The van der Waals surface area contributed by atoms with Gasteiger partial charge in [-0.15, -0.1) is 0 Å². The molecule has 2 aromatic rings. The Morgan fingerprint density at radius 2 is 1.70 bits per heavy atom. The number of hydrogen-bond acceptors (Lipinski definition) is 3. The van der Waals surface area contributed by atoms with E-state index in [1.165, 1.54) is 42.5 Å². The van der Waals surface area contributed by atoms with E-state index in [9.17, 15) is 18.4 Å². The van der Waals surface area contributed by atoms with Gasteiger partial charge in [0.1, 0.15) is 17.4 Å². The van der Waals surface area contributed by atoms with Crippen molar-refractivity contribution in [1.82, 2.24) is 5.32 Å². The van der Waals surface area contributed by atoms with Crippen LogP contribution in [0, 0.1) is 11.6 Å². The van der Waals surface area contributed by atoms with E-state index >= 15 is 0 Å². The third-order valence-corrected chi connectivity index (χ3v) is 2.74. The summed E-state index contributed by atoms with van der Waals surface area (Å²) in [5.41, 5.74) is 0.418. The number of anilines is 1. The summed E-state index contributed by atoms with van der Waals surface area (Å²) in [6.07, 6.45) is 0. The van der Waals surface area contributed by atoms with E-state index in [1.807, 2.05) is 0 Å². The Hall–Kier alpha value is -2.96. The van der Waals surface area contributed by atoms with Gasteiger partial charge in [-0.05, 0) is 36.4 Å². The quantitative estimate of drug-likeness (QED) is 0.856. The summed E-state index contributed by atoms with van der Waals surface area (Å²) in [4.78, 5) is 23.2. The first-order valence-electron chi connectivity index (χ1n) is 6.73. The average molecular weight is 320 g/mol. The van der Waals surface area contributed by atoms with Gasteiger partial charge in [0.2, 0.25) is 5.91 Å². The molecule has 23 heavy (non-hydrogen) atoms. The fraction of sp³-hybridized carbons (Fsp3) is 0.125. The van der Waals surface area contributed by atoms with Crippen LogP contribution in [0.15, 0.2) is 48.5 Å². The fourth-order valence-corrected chi connectivity index (χ4v) is 1.67. The molecule has 0 aliphatic heterocycles. The van der Waals surface area contributed by atoms with Crippen LogP contribution in [-0.4, -0.2) is 25.0 Å². The van der Waals surface area contributed by atoms with Gasteiger partial charge in [-0.25, -0.2) is 8.78 Å². The van der Waals surface area contributed by atoms with Crippen molar-refractivity contribution in [1.29, 1.82) is 0 Å². The zero-order valence-electron chi connectivity index (χ0n) is 12.0. The molecule has 0 fully saturated rings. The third kappa shape index (κ3) is 5.74. The topological polar surface area (TPSA) is 67.4 Å². The highest BCUT2D eigenvalue weighted by atomic mass is 19.1. The summed E-state index contributed by atoms with van der Waals surface area (Å²) in [5, 5.41) is 4.85. The predicted octanol–water partition coefficient (Wildman–Crippen LogP) is 2.10. The van der Waals surface area contributed by atoms with Gasteiger partial charge in [0.05, 0.1) is 6.54 Å². The first-order valence-corrected chi connectivity index (χ1v) is 6.73. The van der Waals surface area contributed by atoms with Gasteiger partial charge >= 0.3 is 0 Å². The number of halogens is 2. The molecule has 2 aromatic carbocycles. The van der Waals surface area contributed by atoms with E-state index in [2.05, 4.69) is 10.6 Å². The van der Waals surface area contributed by atoms with E-state index in [-0.39, 0.29) is 18.9 Å². The van der Waals surface area contributed by atoms with Crippen LogP contribution in [0.1, 0.15) is 0 Å². The van der Waals surface area contributed by atoms with Crippen LogP contribution in [0.25, 0.3) is 0 Å². The lowest BCUT2D eigenvalue weighted by molar-refractivity contribution is -0.125. The molecule has 0 aliphatic carbocycles. The van der Waals surface area contributed by atoms with E-state index in [0.717, 1.165) is 6.07 Å². The zero-order chi connectivity index (χ0) is 16.7. The van der Waals surface area contributed by atoms with Crippen LogP contribution < -0.4 is 15.4 Å². The fourth-order valence-electron chi connectivity index (χ4n) is 1.67. The van der Waals surface area contributed by atoms with E-state index in [4.69, 9.17) is 4.74 Å². The summed E-state index contributed by atoms with van der Waals surface area (Å²) >= 11 is 0. The molecule has 0 saturated carbocycles. The maximum Gasteiger partial charge on any atom is 0.258 e. The first-order chi connectivity index (χ1) is 11.0. The Bertz CT molecular complexity index is 690. The van der Waals surface area contributed by atoms with Crippen molar-refractivity contribution >= 4 is 17.5 Å². The van der Waals surface area contributed by atoms with E-state index in [1.54, 1.807) is 0 Å². The second kappa shape index (κ2) is 7.88. The molecule has 7 heteroatoms. The van der Waals surface area contributed by atoms with Gasteiger partial charge in [0, 0.05) is 11.8 Å². The maximum atomic E-state index is 12.9. The summed E-state index contributed by atoms with van der Waals surface area (Å²) in [6.45, 7) is -0.601. The second-order valence-electron chi connectivity index (χ2n) is 4.58. The Labute approximate surface area is 131 Å². The largest absolute Gasteiger partial charge is 0.484 e. The molecule has 2 N–H and O–H groups in total. The Morgan fingerprint density at radius 3 is 2.39 bits per heavy atom. The van der Waals surface area contributed by atoms with Crippen molar-refractivity contribution in [3.8, 4) is 5.75 Å². The third-order valence-electron chi connectivity index (χ3n) is 2.74. The minimum atomic E-state index is -0.525. The molecule has 0 atom stereocenters. The van der Waals surface area contributed by atoms with Crippen molar-refractivity contribution < 1.29 is 23.1 Å². The second-order valence-corrected chi connectivity index (χ2v) is 4.58. The molecule has 120 valence electrons. The van der Waals surface area contributed by atoms with Crippen molar-refractivity contribution in [2.75, 3.05) is 18.5 Å². The maximum absolute atomic E-state index is 12.9. The van der Waals surface area contributed by atoms with Gasteiger partial charge in [0.15, 0.2) is 6.61 Å². The molecule has 0 radical (unpaired) electrons. The smallest absolute Gasteiger partial charge is 0.258 e. The molecule has 0 aromatic heterocycles. The lowest BCUT2D eigenvalue weighted by atomic mass is 10.3. The van der Waals surface area contributed by atoms with Gasteiger partial charge in [-0.3, -0.25) is 9.59 Å². The number of benzene rings is 2. The summed E-state index contributed by atoms with van der Waals surface area (Å²) in [6, 6.07) is 10.6. The van der Waals surface area contributed by atoms with Crippen LogP contribution in [0.4, 0.5) is 14.5 Å². The van der Waals surface area contributed by atoms with Crippen molar-refractivity contribution in [2.24, 2.45) is 0 Å². The van der Waals surface area contributed by atoms with Crippen molar-refractivity contribution in [2.45, 2.75) is 0 Å². The van der Waals surface area contributed by atoms with Gasteiger partial charge < -0.3 is 15.4 Å². The van der Waals surface area contributed by atoms with E-state index in [0.29, 0.717) is 5.69 Å². The monoisotopic (exact) mass is 320 g/mol. The molecule has 0 bridgehead atoms. The molecule has 2 amide bonds. The van der Waals surface area contributed by atoms with E-state index < -0.39 is 23.4 Å². The molecule has 0 saturated heterocycles. The molecule has 0 unspecified atom stereocenters. The SMILES string of the molecule is O=C(COc1cccc(F)c1)NCC(=O)Nc1ccc(F)cc1. The van der Waals surface area contributed by atoms with Crippen LogP contribution in [-0.2, 0) is 9.59 Å². The summed E-state index contributed by atoms with van der Waals surface area (Å²) < 4.78 is 30.7. The Balaban J connectivity index is 1.71. The highest BCUT2D eigenvalue weighted by molar-refractivity contribution is 5.94. The normalized spacial score (nSPS) is 10.0. The van der Waals surface area contributed by atoms with Crippen LogP contribution in [0.3, 0.4) is 0 Å². The number of nitrogens with one attached hydrogen (secondary N) is 2. The number of amides is 2. The standard InChI is InChI=1S/C16H14F2N2O3/c17-11-4-6-13(7-5-11)20-15(21)9-19-16(22)10-23-14-3-1-2-12(18)8-14/h1-8H,9-10H2,(H,19,22)(H,20,21). The summed E-state index contributed by atoms with van der Waals surface area (Å²) in [7, 11) is 0. The van der Waals surface area contributed by atoms with Gasteiger partial charge in [-0.1, -0.05) is 6.07 Å². The lowest BCUT2D eigenvalue weighted by Gasteiger charge is -2.08. The number of ether oxygens (including phenoxy) is 1. The molecule has 5 nitrogen and oxygen atoms in total. The highest BCUT2D eigenvalue weighted by Gasteiger charge is 2.07. The average Bonchev–Trinajstić information content (AvgIpc) is 2.53. The molecular formula is C16H14F2N2O3. The molecule has 2 rings (SSSR count). The van der Waals surface area contributed by atoms with Crippen LogP contribution in [0.5, 0.6) is 5.75 Å². The molecule has 0 heterocycles. The molecule has 0 spiro atoms. The van der Waals surface area contributed by atoms with Gasteiger partial charge in [-0.2, -0.15) is 0 Å². The Morgan fingerprint density at radius 1 is 0.957 bits per heavy atom. The minimum absolute atomic E-state index is 0.218. The number of carbonyl (C=O) groups is 2. The summed E-state index contributed by atoms with van der Waals surface area (Å²) in [5.74, 6) is -1.65. The number of hydrogen-bond donors (Lipinski definition) is 2. The van der Waals surface area contributed by atoms with Crippen molar-refractivity contribution in [3.05, 3.63) is 60.2 Å². The van der Waals surface area contributed by atoms with Crippen molar-refractivity contribution in [3.63, 3.8) is 0 Å². The minimum Gasteiger partial charge on any atom is -0.484 e. The predicted molar refractivity (Wildman–Crippen MR) is 79.9 cm³/mol. The van der Waals surface area contributed by atoms with Gasteiger partial charge in [0.25, 0.3) is 5.91 Å².